The van der Waals surface area contributed by atoms with Gasteiger partial charge in [-0.15, -0.1) is 0 Å². The summed E-state index contributed by atoms with van der Waals surface area (Å²) in [5.41, 5.74) is 17.5. The predicted molar refractivity (Wildman–Crippen MR) is 264 cm³/mol. The summed E-state index contributed by atoms with van der Waals surface area (Å²) in [6, 6.07) is 87.1. The van der Waals surface area contributed by atoms with Gasteiger partial charge < -0.3 is 13.9 Å². The average molecular weight is 805 g/mol. The van der Waals surface area contributed by atoms with Crippen molar-refractivity contribution in [2.45, 2.75) is 0 Å². The van der Waals surface area contributed by atoms with E-state index < -0.39 is 0 Å². The SMILES string of the molecule is c1ccc(-c2ccc(N(c3ccc4c5ccccc5n(-c5ccc(-c6ccccc6)cc5-c5ccccc5)c4c3)c3ccccc3-c3cccc4c3oc3ccccc34)cc2)cc1. The Balaban J connectivity index is 1.11. The lowest BCUT2D eigenvalue weighted by Crippen LogP contribution is -2.11. The number of fused-ring (bicyclic) bond motifs is 6. The maximum Gasteiger partial charge on any atom is 0.143 e. The summed E-state index contributed by atoms with van der Waals surface area (Å²) in [6.45, 7) is 0. The molecule has 63 heavy (non-hydrogen) atoms. The zero-order valence-electron chi connectivity index (χ0n) is 34.4. The third-order valence-corrected chi connectivity index (χ3v) is 12.4. The maximum absolute atomic E-state index is 6.67. The Bertz CT molecular complexity index is 3600. The quantitative estimate of drug-likeness (QED) is 0.153. The molecule has 0 aliphatic rings. The van der Waals surface area contributed by atoms with Crippen LogP contribution < -0.4 is 4.90 Å². The molecule has 296 valence electrons. The summed E-state index contributed by atoms with van der Waals surface area (Å²) < 4.78 is 9.13. The normalized spacial score (nSPS) is 11.5. The van der Waals surface area contributed by atoms with E-state index >= 15 is 0 Å². The first-order chi connectivity index (χ1) is 31.3. The molecule has 0 aliphatic carbocycles. The molecule has 12 aromatic rings. The van der Waals surface area contributed by atoms with Crippen LogP contribution in [0.3, 0.4) is 0 Å². The van der Waals surface area contributed by atoms with Gasteiger partial charge in [0.15, 0.2) is 0 Å². The summed E-state index contributed by atoms with van der Waals surface area (Å²) in [5, 5.41) is 4.63. The van der Waals surface area contributed by atoms with Crippen LogP contribution in [0.25, 0.3) is 93.9 Å². The summed E-state index contributed by atoms with van der Waals surface area (Å²) in [4.78, 5) is 2.41. The lowest BCUT2D eigenvalue weighted by atomic mass is 9.97. The first kappa shape index (κ1) is 36.5. The van der Waals surface area contributed by atoms with Crippen molar-refractivity contribution < 1.29 is 4.42 Å². The van der Waals surface area contributed by atoms with E-state index in [2.05, 4.69) is 246 Å². The Morgan fingerprint density at radius 1 is 0.317 bits per heavy atom. The Labute approximate surface area is 366 Å². The van der Waals surface area contributed by atoms with Gasteiger partial charge in [0.25, 0.3) is 0 Å². The highest BCUT2D eigenvalue weighted by Crippen LogP contribution is 2.46. The van der Waals surface area contributed by atoms with Gasteiger partial charge in [-0.1, -0.05) is 188 Å². The number of aromatic nitrogens is 1. The number of furan rings is 1. The van der Waals surface area contributed by atoms with E-state index in [4.69, 9.17) is 4.42 Å². The van der Waals surface area contributed by atoms with Crippen LogP contribution >= 0.6 is 0 Å². The number of hydrogen-bond donors (Lipinski definition) is 0. The first-order valence-corrected chi connectivity index (χ1v) is 21.5. The van der Waals surface area contributed by atoms with Gasteiger partial charge in [-0.05, 0) is 82.4 Å². The van der Waals surface area contributed by atoms with Gasteiger partial charge in [0.05, 0.1) is 22.4 Å². The fraction of sp³-hybridized carbons (Fsp3) is 0. The van der Waals surface area contributed by atoms with E-state index in [9.17, 15) is 0 Å². The van der Waals surface area contributed by atoms with Crippen LogP contribution in [-0.4, -0.2) is 4.57 Å². The highest BCUT2D eigenvalue weighted by atomic mass is 16.3. The maximum atomic E-state index is 6.67. The molecule has 2 aromatic heterocycles. The van der Waals surface area contributed by atoms with Gasteiger partial charge in [0, 0.05) is 49.6 Å². The van der Waals surface area contributed by atoms with Crippen molar-refractivity contribution in [1.82, 2.24) is 4.57 Å². The van der Waals surface area contributed by atoms with Crippen LogP contribution in [0.2, 0.25) is 0 Å². The molecular weight excluding hydrogens is 765 g/mol. The van der Waals surface area contributed by atoms with Crippen molar-refractivity contribution >= 4 is 60.8 Å². The predicted octanol–water partition coefficient (Wildman–Crippen LogP) is 16.8. The molecule has 0 N–H and O–H groups in total. The second-order valence-corrected chi connectivity index (χ2v) is 16.1. The topological polar surface area (TPSA) is 21.3 Å². The zero-order chi connectivity index (χ0) is 41.7. The largest absolute Gasteiger partial charge is 0.455 e. The van der Waals surface area contributed by atoms with Gasteiger partial charge in [-0.2, -0.15) is 0 Å². The highest BCUT2D eigenvalue weighted by molar-refractivity contribution is 6.13. The number of rotatable bonds is 8. The van der Waals surface area contributed by atoms with Crippen LogP contribution in [0, 0.1) is 0 Å². The van der Waals surface area contributed by atoms with Crippen molar-refractivity contribution in [2.24, 2.45) is 0 Å². The van der Waals surface area contributed by atoms with Crippen LogP contribution in [0.1, 0.15) is 0 Å². The minimum atomic E-state index is 0.883. The number of hydrogen-bond acceptors (Lipinski definition) is 2. The number of anilines is 3. The first-order valence-electron chi connectivity index (χ1n) is 21.5. The second-order valence-electron chi connectivity index (χ2n) is 16.1. The molecule has 0 spiro atoms. The van der Waals surface area contributed by atoms with Crippen LogP contribution in [0.5, 0.6) is 0 Å². The van der Waals surface area contributed by atoms with Crippen molar-refractivity contribution in [3.05, 3.63) is 243 Å². The minimum absolute atomic E-state index is 0.883. The number of benzene rings is 10. The molecule has 0 amide bonds. The molecule has 0 saturated heterocycles. The van der Waals surface area contributed by atoms with Crippen LogP contribution in [0.4, 0.5) is 17.1 Å². The highest BCUT2D eigenvalue weighted by Gasteiger charge is 2.23. The third-order valence-electron chi connectivity index (χ3n) is 12.4. The van der Waals surface area contributed by atoms with E-state index in [-0.39, 0.29) is 0 Å². The molecule has 0 aliphatic heterocycles. The van der Waals surface area contributed by atoms with E-state index in [1.54, 1.807) is 0 Å². The molecule has 3 heteroatoms. The average Bonchev–Trinajstić information content (AvgIpc) is 3.91. The van der Waals surface area contributed by atoms with Crippen molar-refractivity contribution in [3.8, 4) is 50.2 Å². The molecule has 10 aromatic carbocycles. The smallest absolute Gasteiger partial charge is 0.143 e. The minimum Gasteiger partial charge on any atom is -0.455 e. The monoisotopic (exact) mass is 804 g/mol. The lowest BCUT2D eigenvalue weighted by Gasteiger charge is -2.28. The fourth-order valence-electron chi connectivity index (χ4n) is 9.46. The molecule has 0 fully saturated rings. The Kier molecular flexibility index (Phi) is 8.83. The van der Waals surface area contributed by atoms with Crippen molar-refractivity contribution in [3.63, 3.8) is 0 Å². The van der Waals surface area contributed by atoms with E-state index in [1.807, 2.05) is 6.07 Å². The Morgan fingerprint density at radius 2 is 0.873 bits per heavy atom. The molecule has 0 unspecified atom stereocenters. The molecule has 2 heterocycles. The summed E-state index contributed by atoms with van der Waals surface area (Å²) in [5.74, 6) is 0. The molecule has 0 atom stereocenters. The van der Waals surface area contributed by atoms with E-state index in [0.29, 0.717) is 0 Å². The van der Waals surface area contributed by atoms with Gasteiger partial charge >= 0.3 is 0 Å². The molecular formula is C60H40N2O. The van der Waals surface area contributed by atoms with E-state index in [1.165, 1.54) is 44.2 Å². The van der Waals surface area contributed by atoms with E-state index in [0.717, 1.165) is 66.8 Å². The number of nitrogens with zero attached hydrogens (tertiary/aromatic N) is 2. The van der Waals surface area contributed by atoms with Crippen molar-refractivity contribution in [2.75, 3.05) is 4.90 Å². The molecule has 0 saturated carbocycles. The number of para-hydroxylation sites is 4. The van der Waals surface area contributed by atoms with Crippen LogP contribution in [-0.2, 0) is 0 Å². The zero-order valence-corrected chi connectivity index (χ0v) is 34.4. The lowest BCUT2D eigenvalue weighted by molar-refractivity contribution is 0.670. The molecule has 0 bridgehead atoms. The summed E-state index contributed by atoms with van der Waals surface area (Å²) >= 11 is 0. The third kappa shape index (κ3) is 6.29. The van der Waals surface area contributed by atoms with Gasteiger partial charge in [0.2, 0.25) is 0 Å². The summed E-state index contributed by atoms with van der Waals surface area (Å²) in [7, 11) is 0. The Hall–Kier alpha value is -8.40. The molecule has 3 nitrogen and oxygen atoms in total. The second kappa shape index (κ2) is 15.3. The molecule has 0 radical (unpaired) electrons. The Morgan fingerprint density at radius 3 is 1.65 bits per heavy atom. The van der Waals surface area contributed by atoms with Gasteiger partial charge in [-0.3, -0.25) is 0 Å². The standard InChI is InChI=1S/C60H40N2O/c1-4-17-41(18-5-1)43-31-34-46(35-32-43)61(55-28-13-11-24-49(55)52-26-16-27-53-51-25-12-15-30-59(51)63-60(52)53)47-36-37-50-48-23-10-14-29-56(48)62(58(50)40-47)57-38-33-45(42-19-6-2-7-20-42)39-54(57)44-21-8-3-9-22-44/h1-40H. The van der Waals surface area contributed by atoms with Gasteiger partial charge in [-0.25, -0.2) is 0 Å². The van der Waals surface area contributed by atoms with Crippen molar-refractivity contribution in [1.29, 1.82) is 0 Å². The molecule has 12 rings (SSSR count). The van der Waals surface area contributed by atoms with Crippen LogP contribution in [0.15, 0.2) is 247 Å². The fourth-order valence-corrected chi connectivity index (χ4v) is 9.46. The van der Waals surface area contributed by atoms with Gasteiger partial charge in [0.1, 0.15) is 11.2 Å². The summed E-state index contributed by atoms with van der Waals surface area (Å²) in [6.07, 6.45) is 0.